The van der Waals surface area contributed by atoms with E-state index < -0.39 is 0 Å². The molecule has 4 heteroatoms. The van der Waals surface area contributed by atoms with Crippen LogP contribution >= 0.6 is 0 Å². The first-order valence-corrected chi connectivity index (χ1v) is 7.15. The molecular formula is C14H30N2O2. The maximum absolute atomic E-state index is 12.1. The van der Waals surface area contributed by atoms with Gasteiger partial charge in [0.15, 0.2) is 0 Å². The van der Waals surface area contributed by atoms with Gasteiger partial charge in [-0.2, -0.15) is 0 Å². The Morgan fingerprint density at radius 3 is 2.67 bits per heavy atom. The van der Waals surface area contributed by atoms with Gasteiger partial charge in [-0.15, -0.1) is 0 Å². The van der Waals surface area contributed by atoms with Gasteiger partial charge in [-0.25, -0.2) is 0 Å². The maximum atomic E-state index is 12.1. The lowest BCUT2D eigenvalue weighted by Gasteiger charge is -2.33. The van der Waals surface area contributed by atoms with Gasteiger partial charge in [0.05, 0.1) is 12.5 Å². The van der Waals surface area contributed by atoms with Gasteiger partial charge in [0.2, 0.25) is 5.91 Å². The molecule has 0 radical (unpaired) electrons. The predicted octanol–water partition coefficient (Wildman–Crippen LogP) is 1.85. The molecule has 0 saturated carbocycles. The standard InChI is InChI=1S/C12H24N2O2.C2H6/c1-4-14-7-5-6-11(10-14)12(15)13(2)8-9-16-3;1-2/h11H,4-10H2,1-3H3;1-2H3. The van der Waals surface area contributed by atoms with Crippen LogP contribution in [0.4, 0.5) is 0 Å². The molecule has 0 aromatic heterocycles. The third-order valence-corrected chi connectivity index (χ3v) is 3.31. The second kappa shape index (κ2) is 10.3. The minimum Gasteiger partial charge on any atom is -0.383 e. The number of carbonyl (C=O) groups excluding carboxylic acids is 1. The van der Waals surface area contributed by atoms with Crippen molar-refractivity contribution in [2.45, 2.75) is 33.6 Å². The molecule has 0 aromatic rings. The number of likely N-dealkylation sites (tertiary alicyclic amines) is 1. The zero-order chi connectivity index (χ0) is 14.0. The van der Waals surface area contributed by atoms with Gasteiger partial charge >= 0.3 is 0 Å². The molecule has 0 bridgehead atoms. The molecule has 108 valence electrons. The molecule has 0 N–H and O–H groups in total. The molecule has 0 aliphatic carbocycles. The number of hydrogen-bond acceptors (Lipinski definition) is 3. The van der Waals surface area contributed by atoms with E-state index in [9.17, 15) is 4.79 Å². The first-order chi connectivity index (χ1) is 8.69. The fourth-order valence-electron chi connectivity index (χ4n) is 2.19. The fraction of sp³-hybridized carbons (Fsp3) is 0.929. The summed E-state index contributed by atoms with van der Waals surface area (Å²) in [7, 11) is 3.53. The largest absolute Gasteiger partial charge is 0.383 e. The lowest BCUT2D eigenvalue weighted by molar-refractivity contribution is -0.136. The van der Waals surface area contributed by atoms with Crippen LogP contribution in [0, 0.1) is 5.92 Å². The van der Waals surface area contributed by atoms with E-state index >= 15 is 0 Å². The Morgan fingerprint density at radius 1 is 1.44 bits per heavy atom. The van der Waals surface area contributed by atoms with E-state index in [4.69, 9.17) is 4.74 Å². The number of ether oxygens (including phenoxy) is 1. The van der Waals surface area contributed by atoms with Crippen LogP contribution in [0.5, 0.6) is 0 Å². The summed E-state index contributed by atoms with van der Waals surface area (Å²) in [5, 5.41) is 0. The Morgan fingerprint density at radius 2 is 2.11 bits per heavy atom. The molecule has 0 aromatic carbocycles. The smallest absolute Gasteiger partial charge is 0.226 e. The Balaban J connectivity index is 0.00000137. The van der Waals surface area contributed by atoms with Crippen LogP contribution in [0.25, 0.3) is 0 Å². The molecule has 1 rings (SSSR count). The number of nitrogens with zero attached hydrogens (tertiary/aromatic N) is 2. The molecule has 4 nitrogen and oxygen atoms in total. The van der Waals surface area contributed by atoms with Gasteiger partial charge in [-0.05, 0) is 25.9 Å². The third-order valence-electron chi connectivity index (χ3n) is 3.31. The van der Waals surface area contributed by atoms with E-state index in [1.54, 1.807) is 12.0 Å². The minimum atomic E-state index is 0.190. The second-order valence-electron chi connectivity index (χ2n) is 4.48. The zero-order valence-electron chi connectivity index (χ0n) is 12.7. The Kier molecular flexibility index (Phi) is 9.98. The summed E-state index contributed by atoms with van der Waals surface area (Å²) in [6.45, 7) is 10.6. The van der Waals surface area contributed by atoms with Crippen molar-refractivity contribution in [1.29, 1.82) is 0 Å². The van der Waals surface area contributed by atoms with Crippen LogP contribution in [0.1, 0.15) is 33.6 Å². The van der Waals surface area contributed by atoms with Crippen molar-refractivity contribution in [3.63, 3.8) is 0 Å². The Hall–Kier alpha value is -0.610. The summed E-state index contributed by atoms with van der Waals surface area (Å²) in [6.07, 6.45) is 2.18. The van der Waals surface area contributed by atoms with Gasteiger partial charge in [0.1, 0.15) is 0 Å². The van der Waals surface area contributed by atoms with E-state index in [0.717, 1.165) is 32.5 Å². The van der Waals surface area contributed by atoms with Crippen LogP contribution < -0.4 is 0 Å². The lowest BCUT2D eigenvalue weighted by atomic mass is 9.96. The second-order valence-corrected chi connectivity index (χ2v) is 4.48. The Bertz CT molecular complexity index is 222. The van der Waals surface area contributed by atoms with Crippen LogP contribution in [0.2, 0.25) is 0 Å². The number of amides is 1. The van der Waals surface area contributed by atoms with Gasteiger partial charge in [0, 0.05) is 27.2 Å². The molecule has 1 amide bonds. The number of rotatable bonds is 5. The van der Waals surface area contributed by atoms with E-state index in [0.29, 0.717) is 13.2 Å². The molecule has 1 aliphatic heterocycles. The molecule has 1 saturated heterocycles. The first kappa shape index (κ1) is 17.4. The summed E-state index contributed by atoms with van der Waals surface area (Å²) >= 11 is 0. The SMILES string of the molecule is CC.CCN1CCCC(C(=O)N(C)CCOC)C1. The van der Waals surface area contributed by atoms with Crippen molar-refractivity contribution in [3.05, 3.63) is 0 Å². The first-order valence-electron chi connectivity index (χ1n) is 7.15. The molecule has 1 aliphatic rings. The van der Waals surface area contributed by atoms with Gasteiger partial charge < -0.3 is 14.5 Å². The van der Waals surface area contributed by atoms with E-state index in [2.05, 4.69) is 11.8 Å². The Labute approximate surface area is 112 Å². The van der Waals surface area contributed by atoms with E-state index in [-0.39, 0.29) is 11.8 Å². The molecule has 1 unspecified atom stereocenters. The monoisotopic (exact) mass is 258 g/mol. The van der Waals surface area contributed by atoms with E-state index in [1.807, 2.05) is 20.9 Å². The van der Waals surface area contributed by atoms with Crippen molar-refractivity contribution in [2.24, 2.45) is 5.92 Å². The van der Waals surface area contributed by atoms with Crippen molar-refractivity contribution in [1.82, 2.24) is 9.80 Å². The number of piperidine rings is 1. The number of methoxy groups -OCH3 is 1. The highest BCUT2D eigenvalue weighted by Crippen LogP contribution is 2.17. The summed E-state index contributed by atoms with van der Waals surface area (Å²) < 4.78 is 4.99. The van der Waals surface area contributed by atoms with Crippen molar-refractivity contribution in [3.8, 4) is 0 Å². The molecular weight excluding hydrogens is 228 g/mol. The summed E-state index contributed by atoms with van der Waals surface area (Å²) in [6, 6.07) is 0. The molecule has 0 spiro atoms. The van der Waals surface area contributed by atoms with Crippen molar-refractivity contribution < 1.29 is 9.53 Å². The predicted molar refractivity (Wildman–Crippen MR) is 75.7 cm³/mol. The van der Waals surface area contributed by atoms with Crippen LogP contribution in [0.15, 0.2) is 0 Å². The quantitative estimate of drug-likeness (QED) is 0.754. The topological polar surface area (TPSA) is 32.8 Å². The number of likely N-dealkylation sites (N-methyl/N-ethyl adjacent to an activating group) is 1. The van der Waals surface area contributed by atoms with Crippen LogP contribution in [-0.4, -0.2) is 62.7 Å². The van der Waals surface area contributed by atoms with Crippen LogP contribution in [-0.2, 0) is 9.53 Å². The minimum absolute atomic E-state index is 0.190. The van der Waals surface area contributed by atoms with Crippen molar-refractivity contribution in [2.75, 3.05) is 46.9 Å². The van der Waals surface area contributed by atoms with Crippen molar-refractivity contribution >= 4 is 5.91 Å². The maximum Gasteiger partial charge on any atom is 0.226 e. The highest BCUT2D eigenvalue weighted by atomic mass is 16.5. The van der Waals surface area contributed by atoms with Gasteiger partial charge in [-0.1, -0.05) is 20.8 Å². The normalized spacial score (nSPS) is 19.9. The number of carbonyl (C=O) groups is 1. The third kappa shape index (κ3) is 5.83. The molecule has 1 fully saturated rings. The molecule has 1 atom stereocenters. The average molecular weight is 258 g/mol. The highest BCUT2D eigenvalue weighted by Gasteiger charge is 2.26. The van der Waals surface area contributed by atoms with Gasteiger partial charge in [-0.3, -0.25) is 4.79 Å². The summed E-state index contributed by atoms with van der Waals surface area (Å²) in [4.78, 5) is 16.3. The molecule has 18 heavy (non-hydrogen) atoms. The lowest BCUT2D eigenvalue weighted by Crippen LogP contribution is -2.44. The van der Waals surface area contributed by atoms with Gasteiger partial charge in [0.25, 0.3) is 0 Å². The van der Waals surface area contributed by atoms with Crippen LogP contribution in [0.3, 0.4) is 0 Å². The average Bonchev–Trinajstić information content (AvgIpc) is 2.46. The fourth-order valence-corrected chi connectivity index (χ4v) is 2.19. The summed E-state index contributed by atoms with van der Waals surface area (Å²) in [5.41, 5.74) is 0. The summed E-state index contributed by atoms with van der Waals surface area (Å²) in [5.74, 6) is 0.464. The molecule has 1 heterocycles. The number of hydrogen-bond donors (Lipinski definition) is 0. The zero-order valence-corrected chi connectivity index (χ0v) is 12.7. The highest BCUT2D eigenvalue weighted by molar-refractivity contribution is 5.78. The van der Waals surface area contributed by atoms with E-state index in [1.165, 1.54) is 0 Å².